The molecular weight excluding hydrogens is 258 g/mol. The van der Waals surface area contributed by atoms with Crippen LogP contribution in [-0.2, 0) is 0 Å². The number of halogens is 2. The molecule has 2 rings (SSSR count). The summed E-state index contributed by atoms with van der Waals surface area (Å²) in [6, 6.07) is 8.64. The Labute approximate surface area is 117 Å². The Hall–Kier alpha value is -1.81. The summed E-state index contributed by atoms with van der Waals surface area (Å²) in [6.45, 7) is 4.61. The molecule has 0 saturated carbocycles. The van der Waals surface area contributed by atoms with Gasteiger partial charge in [-0.2, -0.15) is 0 Å². The molecule has 1 unspecified atom stereocenters. The summed E-state index contributed by atoms with van der Waals surface area (Å²) in [4.78, 5) is 4.42. The fraction of sp³-hybridized carbons (Fsp3) is 0.312. The number of aryl methyl sites for hydroxylation is 1. The highest BCUT2D eigenvalue weighted by Crippen LogP contribution is 2.24. The molecule has 4 heteroatoms. The van der Waals surface area contributed by atoms with Crippen molar-refractivity contribution in [3.63, 3.8) is 0 Å². The van der Waals surface area contributed by atoms with Gasteiger partial charge in [-0.1, -0.05) is 13.0 Å². The molecule has 0 bridgehead atoms. The van der Waals surface area contributed by atoms with Crippen LogP contribution < -0.4 is 5.32 Å². The van der Waals surface area contributed by atoms with Crippen LogP contribution in [0, 0.1) is 18.6 Å². The number of rotatable bonds is 5. The van der Waals surface area contributed by atoms with E-state index in [1.54, 1.807) is 0 Å². The molecule has 0 aliphatic heterocycles. The van der Waals surface area contributed by atoms with Crippen LogP contribution in [0.4, 0.5) is 8.78 Å². The summed E-state index contributed by atoms with van der Waals surface area (Å²) < 4.78 is 27.4. The lowest BCUT2D eigenvalue weighted by atomic mass is 10.0. The van der Waals surface area contributed by atoms with Gasteiger partial charge in [0.2, 0.25) is 0 Å². The minimum absolute atomic E-state index is 0.288. The molecule has 1 atom stereocenters. The van der Waals surface area contributed by atoms with Crippen LogP contribution in [0.25, 0.3) is 0 Å². The van der Waals surface area contributed by atoms with Crippen LogP contribution >= 0.6 is 0 Å². The van der Waals surface area contributed by atoms with E-state index in [1.807, 2.05) is 32.0 Å². The van der Waals surface area contributed by atoms with Crippen molar-refractivity contribution in [3.05, 3.63) is 65.0 Å². The molecule has 0 aliphatic carbocycles. The van der Waals surface area contributed by atoms with E-state index in [4.69, 9.17) is 0 Å². The molecule has 0 aliphatic rings. The second-order valence-corrected chi connectivity index (χ2v) is 4.76. The highest BCUT2D eigenvalue weighted by molar-refractivity contribution is 5.30. The lowest BCUT2D eigenvalue weighted by molar-refractivity contribution is 0.528. The number of pyridine rings is 1. The molecule has 20 heavy (non-hydrogen) atoms. The van der Waals surface area contributed by atoms with Crippen LogP contribution in [0.5, 0.6) is 0 Å². The fourth-order valence-corrected chi connectivity index (χ4v) is 2.12. The van der Waals surface area contributed by atoms with E-state index in [2.05, 4.69) is 10.3 Å². The summed E-state index contributed by atoms with van der Waals surface area (Å²) in [7, 11) is 0. The van der Waals surface area contributed by atoms with Crippen molar-refractivity contribution in [3.8, 4) is 0 Å². The molecule has 0 radical (unpaired) electrons. The van der Waals surface area contributed by atoms with Gasteiger partial charge in [-0.25, -0.2) is 8.78 Å². The average Bonchev–Trinajstić information content (AvgIpc) is 2.43. The number of aromatic nitrogens is 1. The zero-order valence-corrected chi connectivity index (χ0v) is 11.7. The molecule has 1 aromatic heterocycles. The van der Waals surface area contributed by atoms with Crippen molar-refractivity contribution < 1.29 is 8.78 Å². The van der Waals surface area contributed by atoms with Gasteiger partial charge in [0.05, 0.1) is 11.7 Å². The number of hydrogen-bond donors (Lipinski definition) is 1. The lowest BCUT2D eigenvalue weighted by Crippen LogP contribution is -2.25. The summed E-state index contributed by atoms with van der Waals surface area (Å²) in [5, 5.41) is 3.23. The monoisotopic (exact) mass is 276 g/mol. The first-order valence-corrected chi connectivity index (χ1v) is 6.73. The zero-order valence-electron chi connectivity index (χ0n) is 11.7. The van der Waals surface area contributed by atoms with Gasteiger partial charge in [0.1, 0.15) is 11.6 Å². The van der Waals surface area contributed by atoms with Gasteiger partial charge in [-0.3, -0.25) is 4.98 Å². The van der Waals surface area contributed by atoms with E-state index in [9.17, 15) is 8.78 Å². The average molecular weight is 276 g/mol. The minimum Gasteiger partial charge on any atom is -0.305 e. The summed E-state index contributed by atoms with van der Waals surface area (Å²) >= 11 is 0. The van der Waals surface area contributed by atoms with Crippen LogP contribution in [-0.4, -0.2) is 11.5 Å². The van der Waals surface area contributed by atoms with E-state index in [0.717, 1.165) is 24.2 Å². The van der Waals surface area contributed by atoms with Crippen molar-refractivity contribution in [1.82, 2.24) is 10.3 Å². The summed E-state index contributed by atoms with van der Waals surface area (Å²) in [6.07, 6.45) is 0.902. The predicted molar refractivity (Wildman–Crippen MR) is 75.5 cm³/mol. The van der Waals surface area contributed by atoms with Gasteiger partial charge in [-0.15, -0.1) is 0 Å². The largest absolute Gasteiger partial charge is 0.305 e. The van der Waals surface area contributed by atoms with Crippen LogP contribution in [0.15, 0.2) is 36.4 Å². The van der Waals surface area contributed by atoms with Crippen molar-refractivity contribution in [2.45, 2.75) is 26.3 Å². The standard InChI is InChI=1S/C16H18F2N2/c1-3-9-19-16(15-6-4-5-11(2)20-15)13-10-12(17)7-8-14(13)18/h4-8,10,16,19H,3,9H2,1-2H3. The Morgan fingerprint density at radius 3 is 2.70 bits per heavy atom. The van der Waals surface area contributed by atoms with Gasteiger partial charge in [0.15, 0.2) is 0 Å². The van der Waals surface area contributed by atoms with E-state index in [1.165, 1.54) is 6.07 Å². The molecular formula is C16H18F2N2. The Bertz CT molecular complexity index is 584. The van der Waals surface area contributed by atoms with Crippen molar-refractivity contribution in [2.24, 2.45) is 0 Å². The second kappa shape index (κ2) is 6.57. The van der Waals surface area contributed by atoms with Crippen molar-refractivity contribution >= 4 is 0 Å². The SMILES string of the molecule is CCCNC(c1cccc(C)n1)c1cc(F)ccc1F. The van der Waals surface area contributed by atoms with Crippen LogP contribution in [0.3, 0.4) is 0 Å². The summed E-state index contributed by atoms with van der Waals surface area (Å²) in [5.74, 6) is -0.874. The Morgan fingerprint density at radius 2 is 2.00 bits per heavy atom. The Kier molecular flexibility index (Phi) is 4.79. The molecule has 0 fully saturated rings. The van der Waals surface area contributed by atoms with Crippen LogP contribution in [0.1, 0.15) is 36.3 Å². The Morgan fingerprint density at radius 1 is 1.20 bits per heavy atom. The first kappa shape index (κ1) is 14.6. The molecule has 2 nitrogen and oxygen atoms in total. The molecule has 106 valence electrons. The molecule has 0 spiro atoms. The third-order valence-electron chi connectivity index (χ3n) is 3.07. The molecule has 1 aromatic carbocycles. The molecule has 2 aromatic rings. The fourth-order valence-electron chi connectivity index (χ4n) is 2.12. The number of nitrogens with one attached hydrogen (secondary N) is 1. The van der Waals surface area contributed by atoms with Crippen LogP contribution in [0.2, 0.25) is 0 Å². The highest BCUT2D eigenvalue weighted by Gasteiger charge is 2.19. The predicted octanol–water partition coefficient (Wildman–Crippen LogP) is 3.76. The zero-order chi connectivity index (χ0) is 14.5. The first-order chi connectivity index (χ1) is 9.61. The van der Waals surface area contributed by atoms with E-state index in [-0.39, 0.29) is 5.56 Å². The topological polar surface area (TPSA) is 24.9 Å². The van der Waals surface area contributed by atoms with E-state index < -0.39 is 17.7 Å². The number of benzene rings is 1. The maximum absolute atomic E-state index is 14.0. The molecule has 0 saturated heterocycles. The minimum atomic E-state index is -0.447. The number of nitrogens with zero attached hydrogens (tertiary/aromatic N) is 1. The third kappa shape index (κ3) is 3.39. The van der Waals surface area contributed by atoms with E-state index in [0.29, 0.717) is 12.2 Å². The Balaban J connectivity index is 2.44. The van der Waals surface area contributed by atoms with Gasteiger partial charge < -0.3 is 5.32 Å². The van der Waals surface area contributed by atoms with Gasteiger partial charge in [-0.05, 0) is 50.2 Å². The molecule has 1 heterocycles. The summed E-state index contributed by atoms with van der Waals surface area (Å²) in [5.41, 5.74) is 1.84. The quantitative estimate of drug-likeness (QED) is 0.899. The normalized spacial score (nSPS) is 12.4. The van der Waals surface area contributed by atoms with Gasteiger partial charge in [0.25, 0.3) is 0 Å². The van der Waals surface area contributed by atoms with Crippen molar-refractivity contribution in [1.29, 1.82) is 0 Å². The third-order valence-corrected chi connectivity index (χ3v) is 3.07. The van der Waals surface area contributed by atoms with E-state index >= 15 is 0 Å². The smallest absolute Gasteiger partial charge is 0.128 e. The molecule has 0 amide bonds. The molecule has 1 N–H and O–H groups in total. The highest BCUT2D eigenvalue weighted by atomic mass is 19.1. The van der Waals surface area contributed by atoms with Crippen molar-refractivity contribution in [2.75, 3.05) is 6.54 Å². The van der Waals surface area contributed by atoms with Gasteiger partial charge in [0, 0.05) is 11.3 Å². The second-order valence-electron chi connectivity index (χ2n) is 4.76. The first-order valence-electron chi connectivity index (χ1n) is 6.73. The van der Waals surface area contributed by atoms with Gasteiger partial charge >= 0.3 is 0 Å². The maximum Gasteiger partial charge on any atom is 0.128 e. The number of hydrogen-bond acceptors (Lipinski definition) is 2. The maximum atomic E-state index is 14.0. The lowest BCUT2D eigenvalue weighted by Gasteiger charge is -2.19.